The molecule has 7 heteroatoms. The maximum Gasteiger partial charge on any atom is 0.211 e. The van der Waals surface area contributed by atoms with Crippen molar-refractivity contribution in [3.63, 3.8) is 0 Å². The Morgan fingerprint density at radius 1 is 1.23 bits per heavy atom. The van der Waals surface area contributed by atoms with Crippen LogP contribution in [0.3, 0.4) is 0 Å². The number of nitrogens with zero attached hydrogens (tertiary/aromatic N) is 1. The molecule has 1 fully saturated rings. The highest BCUT2D eigenvalue weighted by atomic mass is 32.2. The fourth-order valence-corrected chi connectivity index (χ4v) is 3.83. The SMILES string of the molecule is CCS(=O)(=O)NC1CCOCC1COc1ccc(-c2ccccn2)cc1. The Hall–Kier alpha value is -1.96. The van der Waals surface area contributed by atoms with Gasteiger partial charge in [-0.25, -0.2) is 13.1 Å². The molecule has 0 bridgehead atoms. The normalized spacial score (nSPS) is 20.7. The van der Waals surface area contributed by atoms with Crippen molar-refractivity contribution in [3.05, 3.63) is 48.7 Å². The third-order valence-corrected chi connectivity index (χ3v) is 5.89. The Labute approximate surface area is 154 Å². The quantitative estimate of drug-likeness (QED) is 0.803. The molecule has 0 aliphatic carbocycles. The van der Waals surface area contributed by atoms with Gasteiger partial charge in [0.1, 0.15) is 5.75 Å². The zero-order valence-corrected chi connectivity index (χ0v) is 15.6. The lowest BCUT2D eigenvalue weighted by Crippen LogP contribution is -2.47. The minimum atomic E-state index is -3.24. The summed E-state index contributed by atoms with van der Waals surface area (Å²) in [7, 11) is -3.24. The Bertz CT molecular complexity index is 794. The number of benzene rings is 1. The van der Waals surface area contributed by atoms with Gasteiger partial charge in [0.25, 0.3) is 0 Å². The third kappa shape index (κ3) is 5.03. The summed E-state index contributed by atoms with van der Waals surface area (Å²) in [4.78, 5) is 4.33. The summed E-state index contributed by atoms with van der Waals surface area (Å²) in [6, 6.07) is 13.4. The van der Waals surface area contributed by atoms with Crippen LogP contribution in [-0.4, -0.2) is 45.0 Å². The van der Waals surface area contributed by atoms with Crippen LogP contribution >= 0.6 is 0 Å². The van der Waals surface area contributed by atoms with Crippen molar-refractivity contribution in [2.45, 2.75) is 19.4 Å². The topological polar surface area (TPSA) is 77.5 Å². The molecule has 3 rings (SSSR count). The maximum absolute atomic E-state index is 11.9. The highest BCUT2D eigenvalue weighted by Crippen LogP contribution is 2.22. The number of hydrogen-bond acceptors (Lipinski definition) is 5. The second kappa shape index (κ2) is 8.62. The van der Waals surface area contributed by atoms with Crippen molar-refractivity contribution < 1.29 is 17.9 Å². The molecule has 0 radical (unpaired) electrons. The van der Waals surface area contributed by atoms with E-state index < -0.39 is 10.0 Å². The largest absolute Gasteiger partial charge is 0.493 e. The van der Waals surface area contributed by atoms with Crippen LogP contribution < -0.4 is 9.46 Å². The molecule has 1 aliphatic rings. The number of aromatic nitrogens is 1. The first-order valence-electron chi connectivity index (χ1n) is 8.79. The summed E-state index contributed by atoms with van der Waals surface area (Å²) >= 11 is 0. The van der Waals surface area contributed by atoms with Gasteiger partial charge in [-0.1, -0.05) is 6.07 Å². The Morgan fingerprint density at radius 3 is 2.73 bits per heavy atom. The van der Waals surface area contributed by atoms with Crippen molar-refractivity contribution in [1.82, 2.24) is 9.71 Å². The third-order valence-electron chi connectivity index (χ3n) is 4.46. The highest BCUT2D eigenvalue weighted by molar-refractivity contribution is 7.89. The number of nitrogens with one attached hydrogen (secondary N) is 1. The van der Waals surface area contributed by atoms with E-state index in [0.29, 0.717) is 26.2 Å². The molecule has 1 saturated heterocycles. The average Bonchev–Trinajstić information content (AvgIpc) is 2.68. The molecule has 2 unspecified atom stereocenters. The molecule has 2 heterocycles. The van der Waals surface area contributed by atoms with Crippen LogP contribution in [0.1, 0.15) is 13.3 Å². The molecule has 26 heavy (non-hydrogen) atoms. The van der Waals surface area contributed by atoms with Crippen molar-refractivity contribution in [3.8, 4) is 17.0 Å². The Kier molecular flexibility index (Phi) is 6.24. The standard InChI is InChI=1S/C19H24N2O4S/c1-2-26(22,23)21-19-10-12-24-13-16(19)14-25-17-8-6-15(7-9-17)18-5-3-4-11-20-18/h3-9,11,16,19,21H,2,10,12-14H2,1H3. The second-order valence-corrected chi connectivity index (χ2v) is 8.34. The van der Waals surface area contributed by atoms with Crippen molar-refractivity contribution in [1.29, 1.82) is 0 Å². The summed E-state index contributed by atoms with van der Waals surface area (Å²) in [6.07, 6.45) is 2.42. The molecule has 0 saturated carbocycles. The van der Waals surface area contributed by atoms with Gasteiger partial charge in [-0.2, -0.15) is 0 Å². The summed E-state index contributed by atoms with van der Waals surface area (Å²) in [6.45, 7) is 3.09. The smallest absolute Gasteiger partial charge is 0.211 e. The Morgan fingerprint density at radius 2 is 2.04 bits per heavy atom. The zero-order valence-electron chi connectivity index (χ0n) is 14.8. The number of hydrogen-bond donors (Lipinski definition) is 1. The molecule has 2 aromatic rings. The molecule has 0 amide bonds. The number of sulfonamides is 1. The van der Waals surface area contributed by atoms with Crippen LogP contribution in [0.4, 0.5) is 0 Å². The predicted octanol–water partition coefficient (Wildman–Crippen LogP) is 2.47. The van der Waals surface area contributed by atoms with E-state index in [9.17, 15) is 8.42 Å². The number of pyridine rings is 1. The van der Waals surface area contributed by atoms with Crippen LogP contribution in [0.15, 0.2) is 48.7 Å². The lowest BCUT2D eigenvalue weighted by atomic mass is 9.98. The van der Waals surface area contributed by atoms with Crippen LogP contribution in [0.25, 0.3) is 11.3 Å². The fourth-order valence-electron chi connectivity index (χ4n) is 2.89. The van der Waals surface area contributed by atoms with Crippen LogP contribution in [0.5, 0.6) is 5.75 Å². The molecule has 1 N–H and O–H groups in total. The van der Waals surface area contributed by atoms with Gasteiger partial charge in [0, 0.05) is 30.3 Å². The van der Waals surface area contributed by atoms with E-state index in [1.807, 2.05) is 42.5 Å². The van der Waals surface area contributed by atoms with E-state index in [-0.39, 0.29) is 17.7 Å². The molecular formula is C19H24N2O4S. The minimum Gasteiger partial charge on any atom is -0.493 e. The summed E-state index contributed by atoms with van der Waals surface area (Å²) in [5.74, 6) is 0.806. The van der Waals surface area contributed by atoms with E-state index >= 15 is 0 Å². The maximum atomic E-state index is 11.9. The molecule has 2 atom stereocenters. The van der Waals surface area contributed by atoms with E-state index in [0.717, 1.165) is 17.0 Å². The van der Waals surface area contributed by atoms with Crippen LogP contribution in [0.2, 0.25) is 0 Å². The van der Waals surface area contributed by atoms with Gasteiger partial charge in [-0.05, 0) is 49.7 Å². The number of ether oxygens (including phenoxy) is 2. The van der Waals surface area contributed by atoms with Gasteiger partial charge >= 0.3 is 0 Å². The van der Waals surface area contributed by atoms with Crippen LogP contribution in [0, 0.1) is 5.92 Å². The fraction of sp³-hybridized carbons (Fsp3) is 0.421. The van der Waals surface area contributed by atoms with Crippen molar-refractivity contribution >= 4 is 10.0 Å². The zero-order chi connectivity index (χ0) is 18.4. The Balaban J connectivity index is 1.60. The molecule has 6 nitrogen and oxygen atoms in total. The minimum absolute atomic E-state index is 0.0134. The van der Waals surface area contributed by atoms with Gasteiger partial charge in [-0.3, -0.25) is 4.98 Å². The molecule has 0 spiro atoms. The van der Waals surface area contributed by atoms with E-state index in [4.69, 9.17) is 9.47 Å². The van der Waals surface area contributed by atoms with Crippen molar-refractivity contribution in [2.24, 2.45) is 5.92 Å². The lowest BCUT2D eigenvalue weighted by Gasteiger charge is -2.31. The van der Waals surface area contributed by atoms with Gasteiger partial charge < -0.3 is 9.47 Å². The molecule has 140 valence electrons. The average molecular weight is 376 g/mol. The van der Waals surface area contributed by atoms with E-state index in [1.54, 1.807) is 13.1 Å². The van der Waals surface area contributed by atoms with Gasteiger partial charge in [0.05, 0.1) is 24.7 Å². The van der Waals surface area contributed by atoms with E-state index in [2.05, 4.69) is 9.71 Å². The first kappa shape index (κ1) is 18.8. The number of rotatable bonds is 7. The van der Waals surface area contributed by atoms with E-state index in [1.165, 1.54) is 0 Å². The monoisotopic (exact) mass is 376 g/mol. The van der Waals surface area contributed by atoms with Gasteiger partial charge in [0.2, 0.25) is 10.0 Å². The molecular weight excluding hydrogens is 352 g/mol. The summed E-state index contributed by atoms with van der Waals surface area (Å²) in [5, 5.41) is 0. The first-order chi connectivity index (χ1) is 12.6. The molecule has 1 aromatic carbocycles. The predicted molar refractivity (Wildman–Crippen MR) is 100 cm³/mol. The lowest BCUT2D eigenvalue weighted by molar-refractivity contribution is 0.0186. The first-order valence-corrected chi connectivity index (χ1v) is 10.4. The van der Waals surface area contributed by atoms with Crippen molar-refractivity contribution in [2.75, 3.05) is 25.6 Å². The summed E-state index contributed by atoms with van der Waals surface area (Å²) in [5.41, 5.74) is 1.93. The highest BCUT2D eigenvalue weighted by Gasteiger charge is 2.29. The molecule has 1 aliphatic heterocycles. The second-order valence-electron chi connectivity index (χ2n) is 6.30. The van der Waals surface area contributed by atoms with Crippen LogP contribution in [-0.2, 0) is 14.8 Å². The van der Waals surface area contributed by atoms with Gasteiger partial charge in [-0.15, -0.1) is 0 Å². The van der Waals surface area contributed by atoms with Gasteiger partial charge in [0.15, 0.2) is 0 Å². The molecule has 1 aromatic heterocycles. The summed E-state index contributed by atoms with van der Waals surface area (Å²) < 4.78 is 37.9.